The first-order valence-electron chi connectivity index (χ1n) is 10.2. The molecule has 4 nitrogen and oxygen atoms in total. The molecule has 0 N–H and O–H groups in total. The lowest BCUT2D eigenvalue weighted by atomic mass is 10.1. The van der Waals surface area contributed by atoms with Crippen LogP contribution in [0.5, 0.6) is 11.5 Å². The predicted octanol–water partition coefficient (Wildman–Crippen LogP) is 7.43. The fourth-order valence-electron chi connectivity index (χ4n) is 3.22. The van der Waals surface area contributed by atoms with Crippen molar-refractivity contribution in [3.63, 3.8) is 0 Å². The fraction of sp³-hybridized carbons (Fsp3) is 0.240. The first-order chi connectivity index (χ1) is 16.2. The first-order valence-corrected chi connectivity index (χ1v) is 11.8. The topological polar surface area (TPSA) is 34.1 Å². The Kier molecular flexibility index (Phi) is 8.74. The molecule has 0 spiro atoms. The number of methoxy groups -OCH3 is 2. The average Bonchev–Trinajstić information content (AvgIpc) is 2.83. The van der Waals surface area contributed by atoms with Crippen LogP contribution in [-0.2, 0) is 19.3 Å². The number of hydrogen-bond donors (Lipinski definition) is 0. The second kappa shape index (κ2) is 11.5. The van der Waals surface area contributed by atoms with Crippen LogP contribution in [0.1, 0.15) is 16.7 Å². The van der Waals surface area contributed by atoms with Crippen LogP contribution in [0.2, 0.25) is 5.02 Å². The zero-order valence-electron chi connectivity index (χ0n) is 18.9. The third-order valence-electron chi connectivity index (χ3n) is 5.01. The van der Waals surface area contributed by atoms with E-state index < -0.39 is 11.7 Å². The van der Waals surface area contributed by atoms with Crippen molar-refractivity contribution in [2.45, 2.75) is 19.3 Å². The Bertz CT molecular complexity index is 1070. The number of nitrogens with zero attached hydrogens (tertiary/aromatic N) is 2. The van der Waals surface area contributed by atoms with Gasteiger partial charge in [0.1, 0.15) is 11.5 Å². The highest BCUT2D eigenvalue weighted by atomic mass is 35.5. The molecule has 0 aliphatic carbocycles. The average molecular weight is 509 g/mol. The SMILES string of the molecule is COc1ccc(CN(Cc2ccc(OC)cc2)C(=Nc2cc(C(F)(F)F)ccc2Cl)SC)cc1. The maximum atomic E-state index is 13.2. The Balaban J connectivity index is 1.99. The molecular weight excluding hydrogens is 485 g/mol. The second-order valence-electron chi connectivity index (χ2n) is 7.31. The van der Waals surface area contributed by atoms with Crippen LogP contribution in [0.4, 0.5) is 18.9 Å². The maximum absolute atomic E-state index is 13.2. The molecule has 9 heteroatoms. The van der Waals surface area contributed by atoms with Crippen molar-refractivity contribution < 1.29 is 22.6 Å². The van der Waals surface area contributed by atoms with E-state index in [-0.39, 0.29) is 10.7 Å². The number of thioether (sulfide) groups is 1. The van der Waals surface area contributed by atoms with E-state index in [4.69, 9.17) is 21.1 Å². The van der Waals surface area contributed by atoms with Gasteiger partial charge in [0, 0.05) is 13.1 Å². The van der Waals surface area contributed by atoms with Gasteiger partial charge >= 0.3 is 6.18 Å². The van der Waals surface area contributed by atoms with Gasteiger partial charge in [0.25, 0.3) is 0 Å². The maximum Gasteiger partial charge on any atom is 0.416 e. The van der Waals surface area contributed by atoms with Crippen LogP contribution in [0.25, 0.3) is 0 Å². The molecule has 180 valence electrons. The van der Waals surface area contributed by atoms with E-state index in [9.17, 15) is 13.2 Å². The van der Waals surface area contributed by atoms with Gasteiger partial charge in [-0.05, 0) is 59.8 Å². The summed E-state index contributed by atoms with van der Waals surface area (Å²) in [5.41, 5.74) is 1.25. The van der Waals surface area contributed by atoms with E-state index in [0.717, 1.165) is 34.8 Å². The highest BCUT2D eigenvalue weighted by molar-refractivity contribution is 8.13. The van der Waals surface area contributed by atoms with Crippen molar-refractivity contribution >= 4 is 34.2 Å². The molecule has 0 aliphatic rings. The third kappa shape index (κ3) is 6.84. The van der Waals surface area contributed by atoms with Crippen molar-refractivity contribution in [2.24, 2.45) is 4.99 Å². The van der Waals surface area contributed by atoms with Crippen LogP contribution in [-0.4, -0.2) is 30.5 Å². The number of hydrogen-bond acceptors (Lipinski definition) is 4. The van der Waals surface area contributed by atoms with Gasteiger partial charge in [-0.2, -0.15) is 13.2 Å². The molecular formula is C25H24ClF3N2O2S. The van der Waals surface area contributed by atoms with E-state index in [1.54, 1.807) is 14.2 Å². The Morgan fingerprint density at radius 1 is 0.882 bits per heavy atom. The molecule has 34 heavy (non-hydrogen) atoms. The summed E-state index contributed by atoms with van der Waals surface area (Å²) < 4.78 is 50.2. The third-order valence-corrected chi connectivity index (χ3v) is 6.04. The molecule has 3 aromatic rings. The van der Waals surface area contributed by atoms with Gasteiger partial charge in [-0.15, -0.1) is 0 Å². The van der Waals surface area contributed by atoms with E-state index >= 15 is 0 Å². The summed E-state index contributed by atoms with van der Waals surface area (Å²) in [5.74, 6) is 1.47. The molecule has 0 saturated carbocycles. The van der Waals surface area contributed by atoms with Crippen LogP contribution >= 0.6 is 23.4 Å². The smallest absolute Gasteiger partial charge is 0.416 e. The Labute approximate surface area is 206 Å². The summed E-state index contributed by atoms with van der Waals surface area (Å²) in [6, 6.07) is 18.3. The van der Waals surface area contributed by atoms with Gasteiger partial charge in [-0.3, -0.25) is 0 Å². The molecule has 0 unspecified atom stereocenters. The summed E-state index contributed by atoms with van der Waals surface area (Å²) in [4.78, 5) is 6.53. The first kappa shape index (κ1) is 25.8. The molecule has 0 atom stereocenters. The normalized spacial score (nSPS) is 11.9. The van der Waals surface area contributed by atoms with Gasteiger partial charge in [-0.25, -0.2) is 4.99 Å². The van der Waals surface area contributed by atoms with Crippen molar-refractivity contribution in [3.05, 3.63) is 88.4 Å². The highest BCUT2D eigenvalue weighted by Crippen LogP contribution is 2.36. The molecule has 3 rings (SSSR count). The summed E-state index contributed by atoms with van der Waals surface area (Å²) in [6.07, 6.45) is -2.66. The molecule has 0 bridgehead atoms. The zero-order valence-corrected chi connectivity index (χ0v) is 20.5. The zero-order chi connectivity index (χ0) is 24.7. The summed E-state index contributed by atoms with van der Waals surface area (Å²) in [6.45, 7) is 0.957. The number of aliphatic imine (C=N–C) groups is 1. The van der Waals surface area contributed by atoms with Gasteiger partial charge < -0.3 is 14.4 Å². The van der Waals surface area contributed by atoms with Crippen molar-refractivity contribution in [1.29, 1.82) is 0 Å². The Morgan fingerprint density at radius 2 is 1.38 bits per heavy atom. The fourth-order valence-corrected chi connectivity index (χ4v) is 3.95. The van der Waals surface area contributed by atoms with Crippen LogP contribution in [0.15, 0.2) is 71.7 Å². The molecule has 0 radical (unpaired) electrons. The number of halogens is 4. The molecule has 3 aromatic carbocycles. The molecule has 0 aliphatic heterocycles. The van der Waals surface area contributed by atoms with Crippen LogP contribution in [0.3, 0.4) is 0 Å². The summed E-state index contributed by atoms with van der Waals surface area (Å²) in [7, 11) is 3.20. The lowest BCUT2D eigenvalue weighted by Crippen LogP contribution is -2.27. The monoisotopic (exact) mass is 508 g/mol. The highest BCUT2D eigenvalue weighted by Gasteiger charge is 2.31. The second-order valence-corrected chi connectivity index (χ2v) is 8.50. The number of alkyl halides is 3. The predicted molar refractivity (Wildman–Crippen MR) is 132 cm³/mol. The van der Waals surface area contributed by atoms with Gasteiger partial charge in [0.05, 0.1) is 30.5 Å². The standard InChI is InChI=1S/C25H24ClF3N2O2S/c1-32-20-9-4-17(5-10-20)15-31(16-18-6-11-21(33-2)12-7-18)24(34-3)30-23-14-19(25(27,28)29)8-13-22(23)26/h4-14H,15-16H2,1-3H3. The quantitative estimate of drug-likeness (QED) is 0.245. The van der Waals surface area contributed by atoms with Crippen molar-refractivity contribution in [2.75, 3.05) is 20.5 Å². The number of benzene rings is 3. The van der Waals surface area contributed by atoms with Gasteiger partial charge in [0.15, 0.2) is 5.17 Å². The van der Waals surface area contributed by atoms with Crippen LogP contribution < -0.4 is 9.47 Å². The lowest BCUT2D eigenvalue weighted by molar-refractivity contribution is -0.137. The number of ether oxygens (including phenoxy) is 2. The molecule has 0 fully saturated rings. The van der Waals surface area contributed by atoms with Gasteiger partial charge in [-0.1, -0.05) is 47.6 Å². The number of rotatable bonds is 7. The largest absolute Gasteiger partial charge is 0.497 e. The van der Waals surface area contributed by atoms with Crippen LogP contribution in [0, 0.1) is 0 Å². The Hall–Kier alpha value is -2.84. The minimum atomic E-state index is -4.49. The summed E-state index contributed by atoms with van der Waals surface area (Å²) >= 11 is 7.54. The molecule has 0 aromatic heterocycles. The summed E-state index contributed by atoms with van der Waals surface area (Å²) in [5, 5.41) is 0.682. The molecule has 0 saturated heterocycles. The minimum Gasteiger partial charge on any atom is -0.497 e. The van der Waals surface area contributed by atoms with E-state index in [1.165, 1.54) is 17.8 Å². The van der Waals surface area contributed by atoms with E-state index in [0.29, 0.717) is 18.3 Å². The Morgan fingerprint density at radius 3 is 1.79 bits per heavy atom. The van der Waals surface area contributed by atoms with E-state index in [1.807, 2.05) is 59.7 Å². The van der Waals surface area contributed by atoms with Gasteiger partial charge in [0.2, 0.25) is 0 Å². The molecule has 0 amide bonds. The van der Waals surface area contributed by atoms with Crippen molar-refractivity contribution in [1.82, 2.24) is 4.90 Å². The number of amidine groups is 1. The van der Waals surface area contributed by atoms with E-state index in [2.05, 4.69) is 4.99 Å². The minimum absolute atomic E-state index is 0.0651. The molecule has 0 heterocycles. The van der Waals surface area contributed by atoms with Crippen molar-refractivity contribution in [3.8, 4) is 11.5 Å². The lowest BCUT2D eigenvalue weighted by Gasteiger charge is -2.26.